The number of rotatable bonds is 3. The van der Waals surface area contributed by atoms with Crippen LogP contribution in [0.2, 0.25) is 10.0 Å². The molecular weight excluding hydrogens is 367 g/mol. The van der Waals surface area contributed by atoms with Crippen molar-refractivity contribution in [3.8, 4) is 11.3 Å². The molecule has 0 amide bonds. The lowest BCUT2D eigenvalue weighted by molar-refractivity contribution is 0.143. The Morgan fingerprint density at radius 2 is 1.81 bits per heavy atom. The van der Waals surface area contributed by atoms with Crippen LogP contribution in [-0.4, -0.2) is 18.2 Å². The first-order chi connectivity index (χ1) is 12.7. The summed E-state index contributed by atoms with van der Waals surface area (Å²) < 4.78 is 5.77. The molecule has 5 rings (SSSR count). The van der Waals surface area contributed by atoms with Crippen molar-refractivity contribution >= 4 is 29.3 Å². The summed E-state index contributed by atoms with van der Waals surface area (Å²) in [5.74, 6) is 1.51. The van der Waals surface area contributed by atoms with Gasteiger partial charge in [0.1, 0.15) is 11.5 Å². The van der Waals surface area contributed by atoms with Crippen molar-refractivity contribution in [3.05, 3.63) is 45.1 Å². The van der Waals surface area contributed by atoms with Crippen LogP contribution in [0.3, 0.4) is 0 Å². The molecule has 3 aliphatic rings. The monoisotopic (exact) mass is 388 g/mol. The number of nitrogens with one attached hydrogen (secondary N) is 1. The van der Waals surface area contributed by atoms with Crippen LogP contribution in [0.25, 0.3) is 17.3 Å². The first kappa shape index (κ1) is 16.9. The second-order valence-corrected chi connectivity index (χ2v) is 8.90. The third-order valence-electron chi connectivity index (χ3n) is 6.12. The third-order valence-corrected chi connectivity index (χ3v) is 6.75. The number of hydrogen-bond donors (Lipinski definition) is 1. The molecule has 0 atom stereocenters. The summed E-state index contributed by atoms with van der Waals surface area (Å²) in [7, 11) is 0. The van der Waals surface area contributed by atoms with Gasteiger partial charge in [0.25, 0.3) is 0 Å². The Bertz CT molecular complexity index is 846. The molecule has 0 radical (unpaired) electrons. The van der Waals surface area contributed by atoms with E-state index >= 15 is 0 Å². The predicted molar refractivity (Wildman–Crippen MR) is 106 cm³/mol. The van der Waals surface area contributed by atoms with E-state index in [1.54, 1.807) is 0 Å². The summed E-state index contributed by atoms with van der Waals surface area (Å²) in [6, 6.07) is 5.58. The van der Waals surface area contributed by atoms with Gasteiger partial charge in [-0.3, -0.25) is 0 Å². The van der Waals surface area contributed by atoms with Gasteiger partial charge in [-0.1, -0.05) is 40.0 Å². The minimum absolute atomic E-state index is 0.497. The van der Waals surface area contributed by atoms with Gasteiger partial charge in [0, 0.05) is 17.0 Å². The zero-order chi connectivity index (χ0) is 17.7. The van der Waals surface area contributed by atoms with E-state index in [4.69, 9.17) is 27.7 Å². The first-order valence-electron chi connectivity index (χ1n) is 9.49. The highest BCUT2D eigenvalue weighted by molar-refractivity contribution is 6.39. The molecule has 3 fully saturated rings. The first-order valence-corrected chi connectivity index (χ1v) is 10.2. The Labute approximate surface area is 163 Å². The minimum Gasteiger partial charge on any atom is -0.360 e. The standard InChI is InChI=1S/C21H22Cl2N2O/c22-16-2-1-3-17(23)18(16)19-15(20(26-25-19)14-4-5-14)10-13-11-21(12-13)6-8-24-9-7-21/h1-3,10,14,24H,4-9,11-12H2. The van der Waals surface area contributed by atoms with Gasteiger partial charge in [0.05, 0.1) is 10.0 Å². The number of benzene rings is 1. The lowest BCUT2D eigenvalue weighted by atomic mass is 9.60. The molecule has 1 aromatic heterocycles. The maximum atomic E-state index is 6.45. The number of nitrogens with zero attached hydrogens (tertiary/aromatic N) is 1. The number of hydrogen-bond acceptors (Lipinski definition) is 3. The highest BCUT2D eigenvalue weighted by Gasteiger charge is 2.41. The summed E-state index contributed by atoms with van der Waals surface area (Å²) in [5.41, 5.74) is 4.70. The zero-order valence-corrected chi connectivity index (χ0v) is 16.2. The van der Waals surface area contributed by atoms with Crippen molar-refractivity contribution in [1.29, 1.82) is 0 Å². The Morgan fingerprint density at radius 1 is 1.12 bits per heavy atom. The van der Waals surface area contributed by atoms with Gasteiger partial charge < -0.3 is 9.84 Å². The molecule has 1 N–H and O–H groups in total. The van der Waals surface area contributed by atoms with Gasteiger partial charge in [-0.15, -0.1) is 0 Å². The Hall–Kier alpha value is -1.29. The maximum absolute atomic E-state index is 6.45. The van der Waals surface area contributed by atoms with Crippen molar-refractivity contribution in [2.45, 2.75) is 44.4 Å². The van der Waals surface area contributed by atoms with Crippen LogP contribution < -0.4 is 5.32 Å². The molecule has 2 aromatic rings. The van der Waals surface area contributed by atoms with Gasteiger partial charge in [-0.25, -0.2) is 0 Å². The molecule has 136 valence electrons. The SMILES string of the molecule is Clc1cccc(Cl)c1-c1noc(C2CC2)c1C=C1CC2(CCNCC2)C1. The molecule has 2 heterocycles. The fourth-order valence-corrected chi connectivity index (χ4v) is 5.10. The fraction of sp³-hybridized carbons (Fsp3) is 0.476. The predicted octanol–water partition coefficient (Wildman–Crippen LogP) is 6.07. The van der Waals surface area contributed by atoms with Crippen molar-refractivity contribution < 1.29 is 4.52 Å². The molecule has 5 heteroatoms. The second-order valence-electron chi connectivity index (χ2n) is 8.09. The minimum atomic E-state index is 0.497. The summed E-state index contributed by atoms with van der Waals surface area (Å²) in [4.78, 5) is 0. The van der Waals surface area contributed by atoms with Crippen LogP contribution >= 0.6 is 23.2 Å². The van der Waals surface area contributed by atoms with Gasteiger partial charge in [-0.2, -0.15) is 0 Å². The molecule has 1 aromatic carbocycles. The third kappa shape index (κ3) is 2.90. The molecular formula is C21H22Cl2N2O. The molecule has 0 unspecified atom stereocenters. The van der Waals surface area contributed by atoms with Crippen LogP contribution in [0.15, 0.2) is 28.3 Å². The molecule has 1 spiro atoms. The summed E-state index contributed by atoms with van der Waals surface area (Å²) in [5, 5.41) is 9.10. The van der Waals surface area contributed by atoms with E-state index in [1.807, 2.05) is 18.2 Å². The molecule has 26 heavy (non-hydrogen) atoms. The normalized spacial score (nSPS) is 21.7. The van der Waals surface area contributed by atoms with Crippen LogP contribution in [0.1, 0.15) is 55.8 Å². The van der Waals surface area contributed by atoms with E-state index in [1.165, 1.54) is 44.1 Å². The smallest absolute Gasteiger partial charge is 0.147 e. The fourth-order valence-electron chi connectivity index (χ4n) is 4.52. The zero-order valence-electron chi connectivity index (χ0n) is 14.7. The van der Waals surface area contributed by atoms with Gasteiger partial charge in [0.2, 0.25) is 0 Å². The van der Waals surface area contributed by atoms with Crippen molar-refractivity contribution in [3.63, 3.8) is 0 Å². The molecule has 0 bridgehead atoms. The van der Waals surface area contributed by atoms with E-state index in [0.29, 0.717) is 21.4 Å². The lowest BCUT2D eigenvalue weighted by Gasteiger charge is -2.47. The average molecular weight is 389 g/mol. The van der Waals surface area contributed by atoms with Crippen LogP contribution in [0.4, 0.5) is 0 Å². The molecule has 3 nitrogen and oxygen atoms in total. The number of aromatic nitrogens is 1. The van der Waals surface area contributed by atoms with Gasteiger partial charge >= 0.3 is 0 Å². The van der Waals surface area contributed by atoms with Crippen molar-refractivity contribution in [2.75, 3.05) is 13.1 Å². The van der Waals surface area contributed by atoms with Crippen molar-refractivity contribution in [2.24, 2.45) is 5.41 Å². The summed E-state index contributed by atoms with van der Waals surface area (Å²) in [6.07, 6.45) is 9.62. The largest absolute Gasteiger partial charge is 0.360 e. The Balaban J connectivity index is 1.52. The molecule has 2 aliphatic carbocycles. The number of piperidine rings is 1. The molecule has 1 saturated heterocycles. The van der Waals surface area contributed by atoms with Crippen LogP contribution in [-0.2, 0) is 0 Å². The maximum Gasteiger partial charge on any atom is 0.147 e. The summed E-state index contributed by atoms with van der Waals surface area (Å²) >= 11 is 12.9. The highest BCUT2D eigenvalue weighted by Crippen LogP contribution is 2.53. The summed E-state index contributed by atoms with van der Waals surface area (Å²) in [6.45, 7) is 2.29. The Morgan fingerprint density at radius 3 is 2.46 bits per heavy atom. The second kappa shape index (κ2) is 6.40. The topological polar surface area (TPSA) is 38.1 Å². The molecule has 1 aliphatic heterocycles. The Kier molecular flexibility index (Phi) is 4.15. The quantitative estimate of drug-likeness (QED) is 0.692. The van der Waals surface area contributed by atoms with Crippen molar-refractivity contribution in [1.82, 2.24) is 10.5 Å². The molecule has 2 saturated carbocycles. The van der Waals surface area contributed by atoms with Crippen LogP contribution in [0, 0.1) is 5.41 Å². The average Bonchev–Trinajstić information content (AvgIpc) is 3.37. The number of halogens is 2. The van der Waals surface area contributed by atoms with E-state index in [9.17, 15) is 0 Å². The van der Waals surface area contributed by atoms with E-state index in [2.05, 4.69) is 16.5 Å². The van der Waals surface area contributed by atoms with Gasteiger partial charge in [-0.05, 0) is 75.2 Å². The van der Waals surface area contributed by atoms with E-state index < -0.39 is 0 Å². The highest BCUT2D eigenvalue weighted by atomic mass is 35.5. The lowest BCUT2D eigenvalue weighted by Crippen LogP contribution is -2.42. The van der Waals surface area contributed by atoms with Crippen LogP contribution in [0.5, 0.6) is 0 Å². The van der Waals surface area contributed by atoms with Gasteiger partial charge in [0.15, 0.2) is 0 Å². The van der Waals surface area contributed by atoms with E-state index in [0.717, 1.165) is 35.7 Å². The van der Waals surface area contributed by atoms with E-state index in [-0.39, 0.29) is 0 Å². The number of allylic oxidation sites excluding steroid dienone is 1.